The van der Waals surface area contributed by atoms with Crippen LogP contribution in [0.15, 0.2) is 47.8 Å². The molecule has 1 amide bonds. The molecule has 1 aromatic heterocycles. The summed E-state index contributed by atoms with van der Waals surface area (Å²) in [5, 5.41) is 0. The number of piperazine rings is 1. The third-order valence-corrected chi connectivity index (χ3v) is 5.11. The zero-order chi connectivity index (χ0) is 16.1. The molecule has 1 aliphatic heterocycles. The zero-order valence-corrected chi connectivity index (χ0v) is 14.0. The van der Waals surface area contributed by atoms with Crippen LogP contribution in [0.2, 0.25) is 0 Å². The highest BCUT2D eigenvalue weighted by molar-refractivity contribution is 8.00. The van der Waals surface area contributed by atoms with Crippen LogP contribution >= 0.6 is 11.8 Å². The quantitative estimate of drug-likeness (QED) is 0.806. The minimum Gasteiger partial charge on any atom is -0.352 e. The Bertz CT molecular complexity index is 657. The van der Waals surface area contributed by atoms with E-state index in [9.17, 15) is 4.79 Å². The van der Waals surface area contributed by atoms with Crippen LogP contribution in [0.1, 0.15) is 5.56 Å². The number of aryl methyl sites for hydroxylation is 1. The van der Waals surface area contributed by atoms with Crippen LogP contribution in [0, 0.1) is 6.92 Å². The highest BCUT2D eigenvalue weighted by Crippen LogP contribution is 2.22. The number of nitrogens with zero attached hydrogens (tertiary/aromatic N) is 4. The third-order valence-electron chi connectivity index (χ3n) is 3.95. The Labute approximate surface area is 140 Å². The van der Waals surface area contributed by atoms with Crippen molar-refractivity contribution in [3.8, 4) is 0 Å². The highest BCUT2D eigenvalue weighted by atomic mass is 32.2. The van der Waals surface area contributed by atoms with Crippen molar-refractivity contribution in [3.63, 3.8) is 0 Å². The van der Waals surface area contributed by atoms with Gasteiger partial charge in [-0.3, -0.25) is 9.78 Å². The van der Waals surface area contributed by atoms with E-state index in [0.717, 1.165) is 32.0 Å². The summed E-state index contributed by atoms with van der Waals surface area (Å²) < 4.78 is 0. The van der Waals surface area contributed by atoms with Crippen LogP contribution in [-0.2, 0) is 4.79 Å². The molecule has 1 aromatic carbocycles. The molecule has 5 nitrogen and oxygen atoms in total. The molecule has 120 valence electrons. The fraction of sp³-hybridized carbons (Fsp3) is 0.353. The molecule has 0 saturated carbocycles. The predicted molar refractivity (Wildman–Crippen MR) is 92.7 cm³/mol. The Balaban J connectivity index is 1.50. The molecule has 1 saturated heterocycles. The molecule has 6 heteroatoms. The van der Waals surface area contributed by atoms with Crippen LogP contribution in [0.5, 0.6) is 0 Å². The first-order valence-electron chi connectivity index (χ1n) is 7.71. The first-order valence-corrected chi connectivity index (χ1v) is 8.70. The number of anilines is 1. The van der Waals surface area contributed by atoms with E-state index >= 15 is 0 Å². The maximum absolute atomic E-state index is 12.4. The van der Waals surface area contributed by atoms with Crippen molar-refractivity contribution >= 4 is 23.5 Å². The van der Waals surface area contributed by atoms with Gasteiger partial charge < -0.3 is 9.80 Å². The molecule has 0 radical (unpaired) electrons. The van der Waals surface area contributed by atoms with Gasteiger partial charge in [-0.25, -0.2) is 4.98 Å². The fourth-order valence-electron chi connectivity index (χ4n) is 2.59. The summed E-state index contributed by atoms with van der Waals surface area (Å²) in [4.78, 5) is 26.1. The summed E-state index contributed by atoms with van der Waals surface area (Å²) in [5.74, 6) is 1.58. The van der Waals surface area contributed by atoms with Crippen LogP contribution in [0.3, 0.4) is 0 Å². The molecular weight excluding hydrogens is 308 g/mol. The number of carbonyl (C=O) groups is 1. The van der Waals surface area contributed by atoms with Gasteiger partial charge in [-0.2, -0.15) is 0 Å². The van der Waals surface area contributed by atoms with Gasteiger partial charge in [0.25, 0.3) is 0 Å². The first-order chi connectivity index (χ1) is 11.2. The minimum atomic E-state index is 0.206. The summed E-state index contributed by atoms with van der Waals surface area (Å²) in [6, 6.07) is 8.18. The summed E-state index contributed by atoms with van der Waals surface area (Å²) in [6.45, 7) is 5.17. The molecule has 0 unspecified atom stereocenters. The van der Waals surface area contributed by atoms with E-state index < -0.39 is 0 Å². The first kappa shape index (κ1) is 15.8. The number of hydrogen-bond donors (Lipinski definition) is 0. The summed E-state index contributed by atoms with van der Waals surface area (Å²) in [6.07, 6.45) is 5.14. The van der Waals surface area contributed by atoms with E-state index in [1.807, 2.05) is 17.0 Å². The van der Waals surface area contributed by atoms with Gasteiger partial charge in [-0.1, -0.05) is 18.2 Å². The number of aromatic nitrogens is 2. The number of thioether (sulfide) groups is 1. The molecule has 2 aromatic rings. The van der Waals surface area contributed by atoms with E-state index in [1.165, 1.54) is 10.5 Å². The van der Waals surface area contributed by atoms with Gasteiger partial charge in [-0.05, 0) is 18.6 Å². The van der Waals surface area contributed by atoms with Crippen molar-refractivity contribution in [2.24, 2.45) is 0 Å². The minimum absolute atomic E-state index is 0.206. The lowest BCUT2D eigenvalue weighted by Crippen LogP contribution is -2.49. The predicted octanol–water partition coefficient (Wildman–Crippen LogP) is 2.23. The molecule has 0 atom stereocenters. The lowest BCUT2D eigenvalue weighted by molar-refractivity contribution is -0.128. The standard InChI is InChI=1S/C17H20N4OS/c1-14-4-2-3-5-15(14)23-13-17(22)21-10-8-20(9-11-21)16-12-18-6-7-19-16/h2-7,12H,8-11,13H2,1H3. The second kappa shape index (κ2) is 7.46. The Morgan fingerprint density at radius 1 is 1.17 bits per heavy atom. The smallest absolute Gasteiger partial charge is 0.233 e. The van der Waals surface area contributed by atoms with Crippen molar-refractivity contribution in [2.45, 2.75) is 11.8 Å². The molecule has 23 heavy (non-hydrogen) atoms. The van der Waals surface area contributed by atoms with Gasteiger partial charge in [-0.15, -0.1) is 11.8 Å². The molecule has 1 aliphatic rings. The van der Waals surface area contributed by atoms with Gasteiger partial charge in [0.2, 0.25) is 5.91 Å². The number of rotatable bonds is 4. The third kappa shape index (κ3) is 4.01. The lowest BCUT2D eigenvalue weighted by atomic mass is 10.2. The van der Waals surface area contributed by atoms with Gasteiger partial charge in [0.05, 0.1) is 11.9 Å². The molecular formula is C17H20N4OS. The van der Waals surface area contributed by atoms with E-state index in [0.29, 0.717) is 5.75 Å². The summed E-state index contributed by atoms with van der Waals surface area (Å²) in [7, 11) is 0. The fourth-order valence-corrected chi connectivity index (χ4v) is 3.52. The average Bonchev–Trinajstić information content (AvgIpc) is 2.62. The van der Waals surface area contributed by atoms with E-state index in [1.54, 1.807) is 30.4 Å². The van der Waals surface area contributed by atoms with Crippen LogP contribution in [0.25, 0.3) is 0 Å². The van der Waals surface area contributed by atoms with Gasteiger partial charge in [0.1, 0.15) is 5.82 Å². The van der Waals surface area contributed by atoms with E-state index in [2.05, 4.69) is 33.9 Å². The largest absolute Gasteiger partial charge is 0.352 e. The number of carbonyl (C=O) groups excluding carboxylic acids is 1. The Morgan fingerprint density at radius 2 is 1.96 bits per heavy atom. The number of amides is 1. The number of benzene rings is 1. The van der Waals surface area contributed by atoms with Crippen molar-refractivity contribution in [1.29, 1.82) is 0 Å². The normalized spacial score (nSPS) is 14.8. The number of hydrogen-bond acceptors (Lipinski definition) is 5. The second-order valence-corrected chi connectivity index (χ2v) is 6.50. The molecule has 2 heterocycles. The zero-order valence-electron chi connectivity index (χ0n) is 13.2. The Morgan fingerprint density at radius 3 is 2.65 bits per heavy atom. The monoisotopic (exact) mass is 328 g/mol. The SMILES string of the molecule is Cc1ccccc1SCC(=O)N1CCN(c2cnccn2)CC1. The second-order valence-electron chi connectivity index (χ2n) is 5.49. The molecule has 1 fully saturated rings. The van der Waals surface area contributed by atoms with Crippen molar-refractivity contribution < 1.29 is 4.79 Å². The van der Waals surface area contributed by atoms with Crippen LogP contribution in [-0.4, -0.2) is 52.7 Å². The summed E-state index contributed by atoms with van der Waals surface area (Å²) >= 11 is 1.62. The van der Waals surface area contributed by atoms with Crippen molar-refractivity contribution in [3.05, 3.63) is 48.4 Å². The van der Waals surface area contributed by atoms with Crippen LogP contribution in [0.4, 0.5) is 5.82 Å². The van der Waals surface area contributed by atoms with Crippen molar-refractivity contribution in [1.82, 2.24) is 14.9 Å². The molecule has 0 N–H and O–H groups in total. The highest BCUT2D eigenvalue weighted by Gasteiger charge is 2.21. The molecule has 0 aliphatic carbocycles. The molecule has 3 rings (SSSR count). The summed E-state index contributed by atoms with van der Waals surface area (Å²) in [5.41, 5.74) is 1.22. The topological polar surface area (TPSA) is 49.3 Å². The Hall–Kier alpha value is -2.08. The maximum Gasteiger partial charge on any atom is 0.233 e. The van der Waals surface area contributed by atoms with Gasteiger partial charge >= 0.3 is 0 Å². The van der Waals surface area contributed by atoms with E-state index in [4.69, 9.17) is 0 Å². The Kier molecular flexibility index (Phi) is 5.12. The average molecular weight is 328 g/mol. The molecule has 0 bridgehead atoms. The maximum atomic E-state index is 12.4. The lowest BCUT2D eigenvalue weighted by Gasteiger charge is -2.35. The van der Waals surface area contributed by atoms with E-state index in [-0.39, 0.29) is 5.91 Å². The van der Waals surface area contributed by atoms with Gasteiger partial charge in [0.15, 0.2) is 0 Å². The van der Waals surface area contributed by atoms with Crippen LogP contribution < -0.4 is 4.90 Å². The van der Waals surface area contributed by atoms with Crippen molar-refractivity contribution in [2.75, 3.05) is 36.8 Å². The van der Waals surface area contributed by atoms with Gasteiger partial charge in [0, 0.05) is 43.5 Å². The molecule has 0 spiro atoms.